The SMILES string of the molecule is C=C(/C=N\C=C(/C)c1ccc2c(c1)CCC(=O)N2C)OC1CN(C(=O)OC(C)(C)C)C1. The van der Waals surface area contributed by atoms with Gasteiger partial charge in [-0.15, -0.1) is 0 Å². The molecule has 0 saturated carbocycles. The van der Waals surface area contributed by atoms with Gasteiger partial charge in [0.25, 0.3) is 0 Å². The minimum absolute atomic E-state index is 0.100. The molecule has 0 aromatic heterocycles. The van der Waals surface area contributed by atoms with E-state index in [9.17, 15) is 9.59 Å². The van der Waals surface area contributed by atoms with Crippen LogP contribution in [0.25, 0.3) is 5.57 Å². The van der Waals surface area contributed by atoms with Crippen LogP contribution in [0, 0.1) is 0 Å². The molecule has 0 atom stereocenters. The van der Waals surface area contributed by atoms with Gasteiger partial charge >= 0.3 is 6.09 Å². The normalized spacial score (nSPS) is 17.5. The summed E-state index contributed by atoms with van der Waals surface area (Å²) in [7, 11) is 1.81. The molecule has 2 heterocycles. The molecule has 2 aliphatic rings. The Kier molecular flexibility index (Phi) is 6.53. The molecule has 1 fully saturated rings. The number of anilines is 1. The Bertz CT molecular complexity index is 937. The number of carbonyl (C=O) groups is 2. The van der Waals surface area contributed by atoms with Gasteiger partial charge in [0.05, 0.1) is 19.3 Å². The number of aliphatic imine (C=N–C) groups is 1. The summed E-state index contributed by atoms with van der Waals surface area (Å²) >= 11 is 0. The number of fused-ring (bicyclic) bond motifs is 1. The molecule has 31 heavy (non-hydrogen) atoms. The molecule has 2 amide bonds. The first kappa shape index (κ1) is 22.6. The quantitative estimate of drug-likeness (QED) is 0.524. The molecule has 2 aliphatic heterocycles. The van der Waals surface area contributed by atoms with E-state index in [0.717, 1.165) is 23.2 Å². The summed E-state index contributed by atoms with van der Waals surface area (Å²) in [5, 5.41) is 0. The maximum absolute atomic E-state index is 12.0. The van der Waals surface area contributed by atoms with Crippen LogP contribution in [0.3, 0.4) is 0 Å². The fourth-order valence-electron chi connectivity index (χ4n) is 3.44. The largest absolute Gasteiger partial charge is 0.486 e. The molecular weight excluding hydrogens is 394 g/mol. The molecule has 0 radical (unpaired) electrons. The van der Waals surface area contributed by atoms with Crippen molar-refractivity contribution in [2.24, 2.45) is 4.99 Å². The first-order valence-electron chi connectivity index (χ1n) is 10.5. The highest BCUT2D eigenvalue weighted by molar-refractivity contribution is 5.96. The van der Waals surface area contributed by atoms with Crippen molar-refractivity contribution < 1.29 is 19.1 Å². The van der Waals surface area contributed by atoms with Crippen LogP contribution in [-0.2, 0) is 20.7 Å². The molecule has 0 N–H and O–H groups in total. The standard InChI is InChI=1S/C24H31N3O4/c1-16(18-7-9-21-19(11-18)8-10-22(28)26(21)6)12-25-13-17(2)30-20-14-27(15-20)23(29)31-24(3,4)5/h7,9,11-13,20H,2,8,10,14-15H2,1,3-6H3/b16-12+,25-13-. The molecule has 7 heteroatoms. The smallest absolute Gasteiger partial charge is 0.410 e. The van der Waals surface area contributed by atoms with Gasteiger partial charge < -0.3 is 19.3 Å². The highest BCUT2D eigenvalue weighted by Crippen LogP contribution is 2.29. The van der Waals surface area contributed by atoms with E-state index in [4.69, 9.17) is 9.47 Å². The minimum atomic E-state index is -0.505. The third-order valence-electron chi connectivity index (χ3n) is 5.18. The zero-order valence-electron chi connectivity index (χ0n) is 19.0. The summed E-state index contributed by atoms with van der Waals surface area (Å²) in [5.41, 5.74) is 3.71. The number of allylic oxidation sites excluding steroid dienone is 2. The number of aryl methyl sites for hydroxylation is 1. The van der Waals surface area contributed by atoms with Gasteiger partial charge in [0.1, 0.15) is 17.5 Å². The van der Waals surface area contributed by atoms with Crippen LogP contribution < -0.4 is 4.90 Å². The molecule has 1 saturated heterocycles. The second-order valence-electron chi connectivity index (χ2n) is 8.98. The minimum Gasteiger partial charge on any atom is -0.486 e. The van der Waals surface area contributed by atoms with Gasteiger partial charge in [0, 0.05) is 25.4 Å². The zero-order chi connectivity index (χ0) is 22.8. The van der Waals surface area contributed by atoms with Crippen molar-refractivity contribution in [2.45, 2.75) is 52.2 Å². The highest BCUT2D eigenvalue weighted by atomic mass is 16.6. The number of carbonyl (C=O) groups excluding carboxylic acids is 2. The Morgan fingerprint density at radius 1 is 1.26 bits per heavy atom. The Morgan fingerprint density at radius 2 is 1.97 bits per heavy atom. The lowest BCUT2D eigenvalue weighted by atomic mass is 9.97. The number of rotatable bonds is 5. The van der Waals surface area contributed by atoms with Crippen LogP contribution in [0.15, 0.2) is 41.7 Å². The van der Waals surface area contributed by atoms with Crippen LogP contribution in [-0.4, -0.2) is 55.0 Å². The molecule has 0 bridgehead atoms. The van der Waals surface area contributed by atoms with Gasteiger partial charge in [0.15, 0.2) is 0 Å². The van der Waals surface area contributed by atoms with Crippen molar-refractivity contribution >= 4 is 29.5 Å². The van der Waals surface area contributed by atoms with Crippen molar-refractivity contribution in [1.29, 1.82) is 0 Å². The number of nitrogens with zero attached hydrogens (tertiary/aromatic N) is 3. The maximum atomic E-state index is 12.0. The second kappa shape index (κ2) is 8.96. The zero-order valence-corrected chi connectivity index (χ0v) is 19.0. The molecule has 166 valence electrons. The van der Waals surface area contributed by atoms with Gasteiger partial charge in [-0.2, -0.15) is 0 Å². The summed E-state index contributed by atoms with van der Waals surface area (Å²) in [6.45, 7) is 12.3. The summed E-state index contributed by atoms with van der Waals surface area (Å²) in [6.07, 6.45) is 4.21. The Morgan fingerprint density at radius 3 is 2.65 bits per heavy atom. The lowest BCUT2D eigenvalue weighted by Crippen LogP contribution is -2.55. The molecule has 1 aromatic carbocycles. The van der Waals surface area contributed by atoms with E-state index in [1.165, 1.54) is 5.56 Å². The molecule has 0 aliphatic carbocycles. The Labute approximate surface area is 184 Å². The van der Waals surface area contributed by atoms with Crippen LogP contribution in [0.4, 0.5) is 10.5 Å². The van der Waals surface area contributed by atoms with Crippen LogP contribution in [0.1, 0.15) is 45.2 Å². The Hall–Kier alpha value is -3.09. The van der Waals surface area contributed by atoms with Gasteiger partial charge in [0.2, 0.25) is 5.91 Å². The van der Waals surface area contributed by atoms with E-state index in [2.05, 4.69) is 17.6 Å². The fraction of sp³-hybridized carbons (Fsp3) is 0.458. The van der Waals surface area contributed by atoms with Crippen molar-refractivity contribution in [3.63, 3.8) is 0 Å². The summed E-state index contributed by atoms with van der Waals surface area (Å²) in [6, 6.07) is 6.10. The van der Waals surface area contributed by atoms with Gasteiger partial charge in [-0.1, -0.05) is 12.6 Å². The van der Waals surface area contributed by atoms with E-state index in [-0.39, 0.29) is 18.1 Å². The van der Waals surface area contributed by atoms with Crippen LogP contribution in [0.2, 0.25) is 0 Å². The van der Waals surface area contributed by atoms with E-state index in [1.807, 2.05) is 46.9 Å². The molecule has 3 rings (SSSR count). The summed E-state index contributed by atoms with van der Waals surface area (Å²) < 4.78 is 11.1. The number of amides is 2. The van der Waals surface area contributed by atoms with E-state index < -0.39 is 5.60 Å². The number of hydrogen-bond donors (Lipinski definition) is 0. The lowest BCUT2D eigenvalue weighted by molar-refractivity contribution is -0.118. The van der Waals surface area contributed by atoms with Crippen molar-refractivity contribution in [1.82, 2.24) is 4.90 Å². The predicted octanol–water partition coefficient (Wildman–Crippen LogP) is 4.18. The van der Waals surface area contributed by atoms with Crippen molar-refractivity contribution in [3.8, 4) is 0 Å². The first-order valence-corrected chi connectivity index (χ1v) is 10.5. The predicted molar refractivity (Wildman–Crippen MR) is 122 cm³/mol. The number of benzene rings is 1. The van der Waals surface area contributed by atoms with Crippen molar-refractivity contribution in [3.05, 3.63) is 47.9 Å². The lowest BCUT2D eigenvalue weighted by Gasteiger charge is -2.39. The van der Waals surface area contributed by atoms with Crippen molar-refractivity contribution in [2.75, 3.05) is 25.0 Å². The second-order valence-corrected chi connectivity index (χ2v) is 8.98. The topological polar surface area (TPSA) is 71.4 Å². The highest BCUT2D eigenvalue weighted by Gasteiger charge is 2.35. The average molecular weight is 426 g/mol. The molecule has 0 unspecified atom stereocenters. The third-order valence-corrected chi connectivity index (χ3v) is 5.18. The summed E-state index contributed by atoms with van der Waals surface area (Å²) in [5.74, 6) is 0.597. The molecule has 1 aromatic rings. The van der Waals surface area contributed by atoms with Gasteiger partial charge in [-0.05, 0) is 62.9 Å². The summed E-state index contributed by atoms with van der Waals surface area (Å²) in [4.78, 5) is 31.4. The molecular formula is C24H31N3O4. The first-order chi connectivity index (χ1) is 14.5. The number of ether oxygens (including phenoxy) is 2. The van der Waals surface area contributed by atoms with Gasteiger partial charge in [-0.25, -0.2) is 4.79 Å². The molecule has 0 spiro atoms. The number of hydrogen-bond acceptors (Lipinski definition) is 5. The third kappa shape index (κ3) is 5.75. The van der Waals surface area contributed by atoms with Crippen LogP contribution in [0.5, 0.6) is 0 Å². The average Bonchev–Trinajstić information content (AvgIpc) is 2.65. The van der Waals surface area contributed by atoms with E-state index in [1.54, 1.807) is 22.2 Å². The monoisotopic (exact) mass is 425 g/mol. The van der Waals surface area contributed by atoms with Gasteiger partial charge in [-0.3, -0.25) is 9.79 Å². The molecule has 7 nitrogen and oxygen atoms in total. The van der Waals surface area contributed by atoms with E-state index in [0.29, 0.717) is 25.3 Å². The van der Waals surface area contributed by atoms with E-state index >= 15 is 0 Å². The Balaban J connectivity index is 1.49. The fourth-order valence-corrected chi connectivity index (χ4v) is 3.44. The number of likely N-dealkylation sites (tertiary alicyclic amines) is 1. The maximum Gasteiger partial charge on any atom is 0.410 e. The van der Waals surface area contributed by atoms with Crippen LogP contribution >= 0.6 is 0 Å².